The van der Waals surface area contributed by atoms with Crippen LogP contribution in [0.5, 0.6) is 0 Å². The number of ether oxygens (including phenoxy) is 1. The molecule has 0 fully saturated rings. The third kappa shape index (κ3) is 7.67. The minimum atomic E-state index is -0.544. The van der Waals surface area contributed by atoms with Gasteiger partial charge in [0, 0.05) is 19.7 Å². The largest absolute Gasteiger partial charge is 0.395 e. The molecule has 1 unspecified atom stereocenters. The number of aliphatic hydroxyl groups excluding tert-OH is 1. The molecule has 1 atom stereocenters. The quantitative estimate of drug-likeness (QED) is 0.490. The molecule has 7 nitrogen and oxygen atoms in total. The van der Waals surface area contributed by atoms with Gasteiger partial charge in [0.15, 0.2) is 0 Å². The number of aliphatic hydroxyl groups is 1. The maximum Gasteiger partial charge on any atom is 0.321 e. The lowest BCUT2D eigenvalue weighted by atomic mass is 10.3. The van der Waals surface area contributed by atoms with Gasteiger partial charge in [-0.05, 0) is 14.0 Å². The highest BCUT2D eigenvalue weighted by Crippen LogP contribution is 1.92. The first kappa shape index (κ1) is 15.8. The van der Waals surface area contributed by atoms with Crippen molar-refractivity contribution >= 4 is 11.9 Å². The molecule has 0 aliphatic heterocycles. The average molecular weight is 247 g/mol. The van der Waals surface area contributed by atoms with Crippen molar-refractivity contribution in [2.24, 2.45) is 0 Å². The number of rotatable bonds is 7. The molecule has 7 heteroatoms. The maximum absolute atomic E-state index is 11.4. The number of likely N-dealkylation sites (N-methyl/N-ethyl adjacent to an activating group) is 1. The lowest BCUT2D eigenvalue weighted by Crippen LogP contribution is -2.46. The van der Waals surface area contributed by atoms with Gasteiger partial charge >= 0.3 is 6.03 Å². The van der Waals surface area contributed by atoms with Crippen LogP contribution < -0.4 is 10.6 Å². The van der Waals surface area contributed by atoms with Crippen LogP contribution in [-0.4, -0.2) is 68.4 Å². The molecular weight excluding hydrogens is 226 g/mol. The molecule has 0 aromatic heterocycles. The van der Waals surface area contributed by atoms with Crippen LogP contribution in [0.2, 0.25) is 0 Å². The summed E-state index contributed by atoms with van der Waals surface area (Å²) in [4.78, 5) is 24.2. The van der Waals surface area contributed by atoms with Gasteiger partial charge in [0.05, 0.1) is 19.8 Å². The van der Waals surface area contributed by atoms with Gasteiger partial charge < -0.3 is 15.2 Å². The van der Waals surface area contributed by atoms with Gasteiger partial charge in [0.25, 0.3) is 0 Å². The lowest BCUT2D eigenvalue weighted by molar-refractivity contribution is -0.121. The molecule has 0 aliphatic carbocycles. The molecule has 0 saturated carbocycles. The predicted octanol–water partition coefficient (Wildman–Crippen LogP) is -1.23. The molecule has 0 aliphatic rings. The normalized spacial score (nSPS) is 12.3. The zero-order valence-electron chi connectivity index (χ0n) is 10.5. The molecule has 0 radical (unpaired) electrons. The fraction of sp³-hybridized carbons (Fsp3) is 0.800. The molecular formula is C10H21N3O4. The van der Waals surface area contributed by atoms with Gasteiger partial charge in [-0.25, -0.2) is 4.79 Å². The van der Waals surface area contributed by atoms with Crippen LogP contribution in [0.15, 0.2) is 0 Å². The first-order chi connectivity index (χ1) is 8.01. The number of imide groups is 1. The van der Waals surface area contributed by atoms with E-state index in [-0.39, 0.29) is 19.2 Å². The van der Waals surface area contributed by atoms with E-state index in [1.165, 1.54) is 7.11 Å². The monoisotopic (exact) mass is 247 g/mol. The van der Waals surface area contributed by atoms with Crippen LogP contribution in [0.1, 0.15) is 6.92 Å². The van der Waals surface area contributed by atoms with Gasteiger partial charge in [0.1, 0.15) is 0 Å². The average Bonchev–Trinajstić information content (AvgIpc) is 2.27. The second-order valence-electron chi connectivity index (χ2n) is 3.74. The number of methoxy groups -OCH3 is 1. The zero-order chi connectivity index (χ0) is 13.3. The van der Waals surface area contributed by atoms with E-state index in [2.05, 4.69) is 10.6 Å². The maximum atomic E-state index is 11.4. The topological polar surface area (TPSA) is 90.9 Å². The van der Waals surface area contributed by atoms with E-state index >= 15 is 0 Å². The SMILES string of the molecule is COCCNC(=O)NC(=O)CN(C)C(C)CO. The van der Waals surface area contributed by atoms with Crippen LogP contribution in [0.3, 0.4) is 0 Å². The Kier molecular flexibility index (Phi) is 8.29. The highest BCUT2D eigenvalue weighted by atomic mass is 16.5. The van der Waals surface area contributed by atoms with E-state index in [1.54, 1.807) is 18.9 Å². The Morgan fingerprint density at radius 3 is 2.65 bits per heavy atom. The van der Waals surface area contributed by atoms with Gasteiger partial charge in [-0.3, -0.25) is 15.0 Å². The first-order valence-electron chi connectivity index (χ1n) is 5.39. The molecule has 0 heterocycles. The third-order valence-corrected chi connectivity index (χ3v) is 2.25. The molecule has 0 saturated heterocycles. The molecule has 100 valence electrons. The summed E-state index contributed by atoms with van der Waals surface area (Å²) >= 11 is 0. The Bertz CT molecular complexity index is 248. The van der Waals surface area contributed by atoms with E-state index in [1.807, 2.05) is 0 Å². The summed E-state index contributed by atoms with van der Waals surface area (Å²) in [5.41, 5.74) is 0. The van der Waals surface area contributed by atoms with Crippen LogP contribution in [0.25, 0.3) is 0 Å². The highest BCUT2D eigenvalue weighted by molar-refractivity contribution is 5.95. The summed E-state index contributed by atoms with van der Waals surface area (Å²) in [6.07, 6.45) is 0. The minimum Gasteiger partial charge on any atom is -0.395 e. The summed E-state index contributed by atoms with van der Waals surface area (Å²) in [6, 6.07) is -0.672. The summed E-state index contributed by atoms with van der Waals surface area (Å²) in [5.74, 6) is -0.414. The van der Waals surface area contributed by atoms with Crippen molar-refractivity contribution in [2.45, 2.75) is 13.0 Å². The van der Waals surface area contributed by atoms with Crippen molar-refractivity contribution in [3.05, 3.63) is 0 Å². The Balaban J connectivity index is 3.81. The third-order valence-electron chi connectivity index (χ3n) is 2.25. The van der Waals surface area contributed by atoms with Crippen molar-refractivity contribution in [3.8, 4) is 0 Å². The van der Waals surface area contributed by atoms with Crippen molar-refractivity contribution in [1.82, 2.24) is 15.5 Å². The van der Waals surface area contributed by atoms with Crippen molar-refractivity contribution in [3.63, 3.8) is 0 Å². The summed E-state index contributed by atoms with van der Waals surface area (Å²) in [6.45, 7) is 2.54. The number of nitrogens with one attached hydrogen (secondary N) is 2. The standard InChI is InChI=1S/C10H21N3O4/c1-8(7-14)13(2)6-9(15)12-10(16)11-4-5-17-3/h8,14H,4-7H2,1-3H3,(H2,11,12,15,16). The molecule has 0 bridgehead atoms. The van der Waals surface area contributed by atoms with Crippen LogP contribution in [0.4, 0.5) is 4.79 Å². The van der Waals surface area contributed by atoms with E-state index in [0.29, 0.717) is 13.2 Å². The molecule has 3 amide bonds. The molecule has 0 aromatic rings. The number of amides is 3. The second kappa shape index (κ2) is 8.91. The van der Waals surface area contributed by atoms with Crippen molar-refractivity contribution in [2.75, 3.05) is 40.5 Å². The molecule has 0 spiro atoms. The Hall–Kier alpha value is -1.18. The smallest absolute Gasteiger partial charge is 0.321 e. The summed E-state index contributed by atoms with van der Waals surface area (Å²) < 4.78 is 4.74. The van der Waals surface area contributed by atoms with Gasteiger partial charge in [-0.15, -0.1) is 0 Å². The first-order valence-corrected chi connectivity index (χ1v) is 5.39. The summed E-state index contributed by atoms with van der Waals surface area (Å²) in [5, 5.41) is 13.5. The summed E-state index contributed by atoms with van der Waals surface area (Å²) in [7, 11) is 3.22. The van der Waals surface area contributed by atoms with Gasteiger partial charge in [-0.2, -0.15) is 0 Å². The number of carbonyl (C=O) groups excluding carboxylic acids is 2. The Morgan fingerprint density at radius 1 is 1.47 bits per heavy atom. The number of hydrogen-bond donors (Lipinski definition) is 3. The molecule has 0 rings (SSSR count). The van der Waals surface area contributed by atoms with E-state index < -0.39 is 11.9 Å². The Labute approximate surface area is 101 Å². The lowest BCUT2D eigenvalue weighted by Gasteiger charge is -2.21. The van der Waals surface area contributed by atoms with Crippen LogP contribution >= 0.6 is 0 Å². The fourth-order valence-electron chi connectivity index (χ4n) is 0.999. The van der Waals surface area contributed by atoms with E-state index in [9.17, 15) is 9.59 Å². The zero-order valence-corrected chi connectivity index (χ0v) is 10.5. The van der Waals surface area contributed by atoms with Crippen LogP contribution in [-0.2, 0) is 9.53 Å². The molecule has 17 heavy (non-hydrogen) atoms. The number of hydrogen-bond acceptors (Lipinski definition) is 5. The number of carbonyl (C=O) groups is 2. The van der Waals surface area contributed by atoms with Gasteiger partial charge in [-0.1, -0.05) is 0 Å². The van der Waals surface area contributed by atoms with E-state index in [4.69, 9.17) is 9.84 Å². The molecule has 0 aromatic carbocycles. The van der Waals surface area contributed by atoms with Crippen molar-refractivity contribution < 1.29 is 19.4 Å². The minimum absolute atomic E-state index is 0.0379. The fourth-order valence-corrected chi connectivity index (χ4v) is 0.999. The highest BCUT2D eigenvalue weighted by Gasteiger charge is 2.13. The predicted molar refractivity (Wildman–Crippen MR) is 62.6 cm³/mol. The Morgan fingerprint density at radius 2 is 2.12 bits per heavy atom. The second-order valence-corrected chi connectivity index (χ2v) is 3.74. The number of nitrogens with zero attached hydrogens (tertiary/aromatic N) is 1. The van der Waals surface area contributed by atoms with Crippen LogP contribution in [0, 0.1) is 0 Å². The van der Waals surface area contributed by atoms with Crippen molar-refractivity contribution in [1.29, 1.82) is 0 Å². The molecule has 3 N–H and O–H groups in total. The number of urea groups is 1. The van der Waals surface area contributed by atoms with Gasteiger partial charge in [0.2, 0.25) is 5.91 Å². The van der Waals surface area contributed by atoms with E-state index in [0.717, 1.165) is 0 Å².